The van der Waals surface area contributed by atoms with E-state index in [1.807, 2.05) is 26.0 Å². The number of hydrogen-bond donors (Lipinski definition) is 1. The number of sulfonamides is 1. The predicted octanol–water partition coefficient (Wildman–Crippen LogP) is 2.28. The van der Waals surface area contributed by atoms with Crippen molar-refractivity contribution < 1.29 is 22.7 Å². The maximum atomic E-state index is 12.6. The Kier molecular flexibility index (Phi) is 6.84. The summed E-state index contributed by atoms with van der Waals surface area (Å²) in [5, 5.41) is 2.74. The van der Waals surface area contributed by atoms with Crippen LogP contribution in [0.5, 0.6) is 0 Å². The van der Waals surface area contributed by atoms with Gasteiger partial charge < -0.3 is 10.1 Å². The summed E-state index contributed by atoms with van der Waals surface area (Å²) in [5.74, 6) is -1.32. The Hall–Kier alpha value is -2.78. The second-order valence-electron chi connectivity index (χ2n) is 7.27. The lowest BCUT2D eigenvalue weighted by Crippen LogP contribution is -2.41. The van der Waals surface area contributed by atoms with Gasteiger partial charge in [-0.1, -0.05) is 12.1 Å². The van der Waals surface area contributed by atoms with Gasteiger partial charge in [0.1, 0.15) is 4.90 Å². The highest BCUT2D eigenvalue weighted by Gasteiger charge is 2.33. The number of carbonyl (C=O) groups excluding carboxylic acids is 2. The van der Waals surface area contributed by atoms with Gasteiger partial charge in [-0.15, -0.1) is 0 Å². The fraction of sp³-hybridized carbons (Fsp3) is 0.381. The summed E-state index contributed by atoms with van der Waals surface area (Å²) in [6, 6.07) is 8.65. The van der Waals surface area contributed by atoms with Crippen LogP contribution in [-0.2, 0) is 24.3 Å². The van der Waals surface area contributed by atoms with E-state index in [0.29, 0.717) is 18.5 Å². The van der Waals surface area contributed by atoms with Gasteiger partial charge >= 0.3 is 5.97 Å². The topological polar surface area (TPSA) is 106 Å². The number of piperidine rings is 1. The number of nitrogens with zero attached hydrogens (tertiary/aromatic N) is 2. The largest absolute Gasteiger partial charge is 0.455 e. The van der Waals surface area contributed by atoms with Crippen molar-refractivity contribution in [3.05, 3.63) is 53.9 Å². The third-order valence-corrected chi connectivity index (χ3v) is 7.17. The average Bonchev–Trinajstić information content (AvgIpc) is 2.76. The molecule has 3 rings (SSSR count). The van der Waals surface area contributed by atoms with Crippen molar-refractivity contribution in [2.75, 3.05) is 25.0 Å². The van der Waals surface area contributed by atoms with E-state index < -0.39 is 27.8 Å². The number of pyridine rings is 1. The molecular formula is C21H25N3O5S. The molecule has 0 saturated carbocycles. The molecule has 9 heteroatoms. The van der Waals surface area contributed by atoms with Gasteiger partial charge in [0, 0.05) is 31.2 Å². The molecule has 1 aliphatic rings. The van der Waals surface area contributed by atoms with E-state index in [-0.39, 0.29) is 24.6 Å². The van der Waals surface area contributed by atoms with E-state index in [1.54, 1.807) is 12.1 Å². The molecule has 1 aliphatic heterocycles. The minimum absolute atomic E-state index is 0.133. The van der Waals surface area contributed by atoms with E-state index in [9.17, 15) is 18.0 Å². The smallest absolute Gasteiger partial charge is 0.309 e. The van der Waals surface area contributed by atoms with Crippen LogP contribution in [0.2, 0.25) is 0 Å². The third kappa shape index (κ3) is 5.03. The number of rotatable bonds is 6. The lowest BCUT2D eigenvalue weighted by Gasteiger charge is -2.29. The van der Waals surface area contributed by atoms with Gasteiger partial charge in [-0.3, -0.25) is 14.6 Å². The highest BCUT2D eigenvalue weighted by atomic mass is 32.2. The number of hydrogen-bond acceptors (Lipinski definition) is 6. The number of esters is 1. The van der Waals surface area contributed by atoms with Gasteiger partial charge in [-0.05, 0) is 56.0 Å². The summed E-state index contributed by atoms with van der Waals surface area (Å²) in [6.45, 7) is 3.91. The number of aromatic nitrogens is 1. The van der Waals surface area contributed by atoms with Crippen LogP contribution in [0.1, 0.15) is 24.0 Å². The van der Waals surface area contributed by atoms with Crippen LogP contribution in [-0.4, -0.2) is 49.3 Å². The summed E-state index contributed by atoms with van der Waals surface area (Å²) in [6.07, 6.45) is 3.51. The molecule has 0 radical (unpaired) electrons. The first-order chi connectivity index (χ1) is 14.3. The van der Waals surface area contributed by atoms with Crippen molar-refractivity contribution in [2.24, 2.45) is 5.92 Å². The van der Waals surface area contributed by atoms with Gasteiger partial charge in [-0.25, -0.2) is 8.42 Å². The molecule has 1 aromatic carbocycles. The van der Waals surface area contributed by atoms with Gasteiger partial charge in [-0.2, -0.15) is 4.31 Å². The van der Waals surface area contributed by atoms with Crippen LogP contribution >= 0.6 is 0 Å². The normalized spacial score (nSPS) is 15.5. The van der Waals surface area contributed by atoms with Crippen molar-refractivity contribution in [1.82, 2.24) is 9.29 Å². The molecule has 0 atom stereocenters. The number of carbonyl (C=O) groups is 2. The monoisotopic (exact) mass is 431 g/mol. The molecule has 1 fully saturated rings. The van der Waals surface area contributed by atoms with Crippen molar-refractivity contribution in [2.45, 2.75) is 31.6 Å². The summed E-state index contributed by atoms with van der Waals surface area (Å²) in [5.41, 5.74) is 2.70. The van der Waals surface area contributed by atoms with Crippen LogP contribution in [0.15, 0.2) is 47.6 Å². The molecule has 2 heterocycles. The Morgan fingerprint density at radius 1 is 1.17 bits per heavy atom. The summed E-state index contributed by atoms with van der Waals surface area (Å²) in [7, 11) is -3.62. The zero-order valence-corrected chi connectivity index (χ0v) is 17.8. The quantitative estimate of drug-likeness (QED) is 0.704. The van der Waals surface area contributed by atoms with Crippen LogP contribution in [0.4, 0.5) is 5.69 Å². The summed E-state index contributed by atoms with van der Waals surface area (Å²) >= 11 is 0. The lowest BCUT2D eigenvalue weighted by molar-refractivity contribution is -0.152. The van der Waals surface area contributed by atoms with E-state index in [0.717, 1.165) is 11.1 Å². The highest BCUT2D eigenvalue weighted by molar-refractivity contribution is 7.89. The molecule has 1 N–H and O–H groups in total. The average molecular weight is 432 g/mol. The summed E-state index contributed by atoms with van der Waals surface area (Å²) in [4.78, 5) is 28.4. The predicted molar refractivity (Wildman–Crippen MR) is 111 cm³/mol. The molecule has 1 saturated heterocycles. The van der Waals surface area contributed by atoms with E-state index in [4.69, 9.17) is 4.74 Å². The SMILES string of the molecule is Cc1cccc(NC(=O)COC(=O)C2CCN(S(=O)(=O)c3cccnc3)CC2)c1C. The second-order valence-corrected chi connectivity index (χ2v) is 9.21. The molecule has 0 aliphatic carbocycles. The van der Waals surface area contributed by atoms with Gasteiger partial charge in [0.05, 0.1) is 5.92 Å². The lowest BCUT2D eigenvalue weighted by atomic mass is 9.98. The molecule has 160 valence electrons. The molecule has 0 bridgehead atoms. The first-order valence-electron chi connectivity index (χ1n) is 9.72. The molecule has 2 aromatic rings. The van der Waals surface area contributed by atoms with E-state index in [2.05, 4.69) is 10.3 Å². The standard InChI is InChI=1S/C21H25N3O5S/c1-15-5-3-7-19(16(15)2)23-20(25)14-29-21(26)17-8-11-24(12-9-17)30(27,28)18-6-4-10-22-13-18/h3-7,10,13,17H,8-9,11-12,14H2,1-2H3,(H,23,25). The van der Waals surface area contributed by atoms with Crippen LogP contribution in [0.3, 0.4) is 0 Å². The fourth-order valence-corrected chi connectivity index (χ4v) is 4.74. The molecule has 1 amide bonds. The molecule has 0 spiro atoms. The Morgan fingerprint density at radius 3 is 2.57 bits per heavy atom. The van der Waals surface area contributed by atoms with Crippen molar-refractivity contribution in [1.29, 1.82) is 0 Å². The van der Waals surface area contributed by atoms with Crippen molar-refractivity contribution in [3.8, 4) is 0 Å². The van der Waals surface area contributed by atoms with Crippen molar-refractivity contribution in [3.63, 3.8) is 0 Å². The molecule has 30 heavy (non-hydrogen) atoms. The van der Waals surface area contributed by atoms with Gasteiger partial charge in [0.15, 0.2) is 6.61 Å². The van der Waals surface area contributed by atoms with Crippen molar-refractivity contribution >= 4 is 27.6 Å². The second kappa shape index (κ2) is 9.36. The number of benzene rings is 1. The molecular weight excluding hydrogens is 406 g/mol. The van der Waals surface area contributed by atoms with Gasteiger partial charge in [0.25, 0.3) is 5.91 Å². The Bertz CT molecular complexity index is 1020. The van der Waals surface area contributed by atoms with Gasteiger partial charge in [0.2, 0.25) is 10.0 Å². The molecule has 8 nitrogen and oxygen atoms in total. The number of nitrogens with one attached hydrogen (secondary N) is 1. The fourth-order valence-electron chi connectivity index (χ4n) is 3.31. The first-order valence-corrected chi connectivity index (χ1v) is 11.2. The van der Waals surface area contributed by atoms with E-state index >= 15 is 0 Å². The number of ether oxygens (including phenoxy) is 1. The third-order valence-electron chi connectivity index (χ3n) is 5.28. The van der Waals surface area contributed by atoms with Crippen LogP contribution in [0, 0.1) is 19.8 Å². The Balaban J connectivity index is 1.48. The maximum Gasteiger partial charge on any atom is 0.309 e. The van der Waals surface area contributed by atoms with E-state index in [1.165, 1.54) is 22.8 Å². The number of aryl methyl sites for hydroxylation is 1. The molecule has 1 aromatic heterocycles. The maximum absolute atomic E-state index is 12.6. The summed E-state index contributed by atoms with van der Waals surface area (Å²) < 4.78 is 31.8. The molecule has 0 unspecified atom stereocenters. The Labute approximate surface area is 176 Å². The minimum Gasteiger partial charge on any atom is -0.455 e. The number of anilines is 1. The first kappa shape index (κ1) is 21.9. The number of amides is 1. The minimum atomic E-state index is -3.62. The highest BCUT2D eigenvalue weighted by Crippen LogP contribution is 2.24. The van der Waals surface area contributed by atoms with Crippen LogP contribution in [0.25, 0.3) is 0 Å². The van der Waals surface area contributed by atoms with Crippen LogP contribution < -0.4 is 5.32 Å². The Morgan fingerprint density at radius 2 is 1.90 bits per heavy atom. The zero-order valence-electron chi connectivity index (χ0n) is 17.0. The zero-order chi connectivity index (χ0) is 21.7.